The highest BCUT2D eigenvalue weighted by molar-refractivity contribution is 14.1. The predicted molar refractivity (Wildman–Crippen MR) is 124 cm³/mol. The monoisotopic (exact) mass is 530 g/mol. The van der Waals surface area contributed by atoms with Gasteiger partial charge in [-0.05, 0) is 18.6 Å². The number of nitrogens with one attached hydrogen (secondary N) is 2. The van der Waals surface area contributed by atoms with Crippen LogP contribution in [0.15, 0.2) is 65.8 Å². The number of hydrazine groups is 1. The number of H-pyrrole nitrogens is 1. The van der Waals surface area contributed by atoms with Crippen LogP contribution in [-0.4, -0.2) is 35.8 Å². The molecule has 9 nitrogen and oxygen atoms in total. The molecule has 1 aromatic heterocycles. The third-order valence-corrected chi connectivity index (χ3v) is 6.54. The molecule has 2 atom stereocenters. The molecule has 0 saturated carbocycles. The molecule has 2 aromatic carbocycles. The van der Waals surface area contributed by atoms with Crippen molar-refractivity contribution in [2.75, 3.05) is 0 Å². The van der Waals surface area contributed by atoms with Crippen LogP contribution < -0.4 is 5.43 Å². The van der Waals surface area contributed by atoms with Gasteiger partial charge in [0.15, 0.2) is 5.84 Å². The highest BCUT2D eigenvalue weighted by Gasteiger charge is 2.37. The second-order valence-corrected chi connectivity index (χ2v) is 8.56. The van der Waals surface area contributed by atoms with Gasteiger partial charge in [-0.1, -0.05) is 59.8 Å². The van der Waals surface area contributed by atoms with Crippen LogP contribution in [0.5, 0.6) is 0 Å². The quantitative estimate of drug-likeness (QED) is 0.213. The van der Waals surface area contributed by atoms with E-state index >= 15 is 0 Å². The minimum Gasteiger partial charge on any atom is -0.278 e. The standard InChI is InChI=1S/C21H19IN6O3/c1-2-16(22)19-18-17(12-23-25-18)24-20(14-9-6-10-15(11-14)28(30)31)27(19)26-21(29)13-7-4-3-5-8-13/h3-12,16,19H,2H2,1H3,(H,23,25)(H,26,29). The second-order valence-electron chi connectivity index (χ2n) is 6.96. The number of fused-ring (bicyclic) bond motifs is 1. The van der Waals surface area contributed by atoms with Crippen LogP contribution in [0.1, 0.15) is 41.0 Å². The first kappa shape index (κ1) is 21.0. The summed E-state index contributed by atoms with van der Waals surface area (Å²) in [5, 5.41) is 20.2. The summed E-state index contributed by atoms with van der Waals surface area (Å²) in [4.78, 5) is 28.6. The number of nitro benzene ring substituents is 1. The average molecular weight is 530 g/mol. The fourth-order valence-corrected chi connectivity index (χ4v) is 4.12. The average Bonchev–Trinajstić information content (AvgIpc) is 3.27. The summed E-state index contributed by atoms with van der Waals surface area (Å²) in [6, 6.07) is 14.8. The Balaban J connectivity index is 1.82. The number of amidine groups is 1. The van der Waals surface area contributed by atoms with Crippen LogP contribution in [0.3, 0.4) is 0 Å². The molecule has 0 bridgehead atoms. The van der Waals surface area contributed by atoms with Crippen LogP contribution in [0.4, 0.5) is 11.4 Å². The lowest BCUT2D eigenvalue weighted by Crippen LogP contribution is -2.52. The lowest BCUT2D eigenvalue weighted by atomic mass is 10.0. The van der Waals surface area contributed by atoms with Gasteiger partial charge < -0.3 is 0 Å². The number of rotatable bonds is 6. The first-order chi connectivity index (χ1) is 15.0. The van der Waals surface area contributed by atoms with Crippen molar-refractivity contribution in [3.8, 4) is 0 Å². The molecule has 0 aliphatic carbocycles. The third kappa shape index (κ3) is 4.15. The Kier molecular flexibility index (Phi) is 5.98. The van der Waals surface area contributed by atoms with E-state index in [2.05, 4.69) is 50.1 Å². The van der Waals surface area contributed by atoms with Gasteiger partial charge in [0.2, 0.25) is 0 Å². The number of carbonyl (C=O) groups is 1. The van der Waals surface area contributed by atoms with Gasteiger partial charge in [0, 0.05) is 27.2 Å². The number of aliphatic imine (C=N–C) groups is 1. The van der Waals surface area contributed by atoms with E-state index in [0.29, 0.717) is 22.6 Å². The number of carbonyl (C=O) groups excluding carboxylic acids is 1. The number of aromatic amines is 1. The van der Waals surface area contributed by atoms with E-state index in [1.807, 2.05) is 6.07 Å². The van der Waals surface area contributed by atoms with E-state index in [-0.39, 0.29) is 21.6 Å². The van der Waals surface area contributed by atoms with E-state index in [4.69, 9.17) is 0 Å². The molecule has 1 aliphatic rings. The normalized spacial score (nSPS) is 16.3. The number of nitro groups is 1. The van der Waals surface area contributed by atoms with Crippen molar-refractivity contribution in [1.82, 2.24) is 20.6 Å². The number of non-ortho nitro benzene ring substituents is 1. The molecule has 10 heteroatoms. The van der Waals surface area contributed by atoms with Crippen molar-refractivity contribution >= 4 is 45.7 Å². The third-order valence-electron chi connectivity index (χ3n) is 4.98. The van der Waals surface area contributed by atoms with Gasteiger partial charge in [0.05, 0.1) is 16.8 Å². The Morgan fingerprint density at radius 3 is 2.77 bits per heavy atom. The van der Waals surface area contributed by atoms with Gasteiger partial charge in [-0.2, -0.15) is 5.10 Å². The number of benzene rings is 2. The highest BCUT2D eigenvalue weighted by Crippen LogP contribution is 2.39. The Bertz CT molecular complexity index is 1150. The molecular formula is C21H19IN6O3. The lowest BCUT2D eigenvalue weighted by Gasteiger charge is -2.38. The number of hydrogen-bond acceptors (Lipinski definition) is 6. The first-order valence-corrected chi connectivity index (χ1v) is 10.9. The number of alkyl halides is 1. The SMILES string of the molecule is CCC(I)C1c2[nH]ncc2N=C(c2cccc([N+](=O)[O-])c2)N1NC(=O)c1ccccc1. The highest BCUT2D eigenvalue weighted by atomic mass is 127. The Morgan fingerprint density at radius 1 is 1.29 bits per heavy atom. The van der Waals surface area contributed by atoms with Crippen LogP contribution >= 0.6 is 22.6 Å². The molecule has 0 radical (unpaired) electrons. The fraction of sp³-hybridized carbons (Fsp3) is 0.190. The summed E-state index contributed by atoms with van der Waals surface area (Å²) in [5.74, 6) is 0.119. The maximum absolute atomic E-state index is 13.0. The number of aromatic nitrogens is 2. The fourth-order valence-electron chi connectivity index (χ4n) is 3.44. The van der Waals surface area contributed by atoms with Crippen LogP contribution in [0, 0.1) is 10.1 Å². The van der Waals surface area contributed by atoms with Gasteiger partial charge in [-0.3, -0.25) is 30.4 Å². The van der Waals surface area contributed by atoms with Crippen LogP contribution in [-0.2, 0) is 0 Å². The van der Waals surface area contributed by atoms with Crippen molar-refractivity contribution in [2.45, 2.75) is 23.3 Å². The predicted octanol–water partition coefficient (Wildman–Crippen LogP) is 4.31. The van der Waals surface area contributed by atoms with Crippen molar-refractivity contribution < 1.29 is 9.72 Å². The molecule has 2 N–H and O–H groups in total. The molecule has 1 amide bonds. The summed E-state index contributed by atoms with van der Waals surface area (Å²) < 4.78 is 0.0945. The molecule has 3 aromatic rings. The van der Waals surface area contributed by atoms with Gasteiger partial charge in [-0.15, -0.1) is 0 Å². The zero-order valence-corrected chi connectivity index (χ0v) is 18.7. The molecular weight excluding hydrogens is 511 g/mol. The van der Waals surface area contributed by atoms with E-state index in [1.54, 1.807) is 47.6 Å². The van der Waals surface area contributed by atoms with E-state index in [9.17, 15) is 14.9 Å². The summed E-state index contributed by atoms with van der Waals surface area (Å²) >= 11 is 2.34. The van der Waals surface area contributed by atoms with Gasteiger partial charge in [-0.25, -0.2) is 4.99 Å². The van der Waals surface area contributed by atoms with Gasteiger partial charge in [0.25, 0.3) is 11.6 Å². The van der Waals surface area contributed by atoms with Gasteiger partial charge >= 0.3 is 0 Å². The van der Waals surface area contributed by atoms with Crippen LogP contribution in [0.25, 0.3) is 0 Å². The maximum atomic E-state index is 13.0. The minimum absolute atomic E-state index is 0.0504. The van der Waals surface area contributed by atoms with Crippen molar-refractivity contribution in [3.63, 3.8) is 0 Å². The minimum atomic E-state index is -0.451. The molecule has 0 fully saturated rings. The molecule has 0 saturated heterocycles. The van der Waals surface area contributed by atoms with E-state index in [1.165, 1.54) is 12.1 Å². The van der Waals surface area contributed by atoms with Crippen molar-refractivity contribution in [2.24, 2.45) is 4.99 Å². The Morgan fingerprint density at radius 2 is 2.06 bits per heavy atom. The number of nitrogens with zero attached hydrogens (tertiary/aromatic N) is 4. The molecule has 31 heavy (non-hydrogen) atoms. The smallest absolute Gasteiger partial charge is 0.270 e. The number of hydrogen-bond donors (Lipinski definition) is 2. The molecule has 158 valence electrons. The zero-order chi connectivity index (χ0) is 22.0. The first-order valence-electron chi connectivity index (χ1n) is 9.65. The molecule has 2 unspecified atom stereocenters. The number of amides is 1. The molecule has 0 spiro atoms. The van der Waals surface area contributed by atoms with Crippen LogP contribution in [0.2, 0.25) is 0 Å². The lowest BCUT2D eigenvalue weighted by molar-refractivity contribution is -0.384. The van der Waals surface area contributed by atoms with Crippen molar-refractivity contribution in [3.05, 3.63) is 87.7 Å². The molecule has 4 rings (SSSR count). The van der Waals surface area contributed by atoms with Gasteiger partial charge in [0.1, 0.15) is 11.7 Å². The largest absolute Gasteiger partial charge is 0.278 e. The topological polar surface area (TPSA) is 117 Å². The van der Waals surface area contributed by atoms with Crippen molar-refractivity contribution in [1.29, 1.82) is 0 Å². The maximum Gasteiger partial charge on any atom is 0.270 e. The molecule has 1 aliphatic heterocycles. The summed E-state index contributed by atoms with van der Waals surface area (Å²) in [6.07, 6.45) is 2.44. The summed E-state index contributed by atoms with van der Waals surface area (Å²) in [5.41, 5.74) is 5.37. The Labute approximate surface area is 191 Å². The summed E-state index contributed by atoms with van der Waals surface area (Å²) in [6.45, 7) is 2.06. The molecule has 2 heterocycles. The number of halogens is 1. The van der Waals surface area contributed by atoms with E-state index in [0.717, 1.165) is 12.1 Å². The second kappa shape index (κ2) is 8.84. The van der Waals surface area contributed by atoms with E-state index < -0.39 is 4.92 Å². The Hall–Kier alpha value is -3.28. The zero-order valence-electron chi connectivity index (χ0n) is 16.5. The summed E-state index contributed by atoms with van der Waals surface area (Å²) in [7, 11) is 0.